The Kier molecular flexibility index (Phi) is 12.0. The number of alkyl carbamates (subject to hydrolysis) is 1. The van der Waals surface area contributed by atoms with Crippen LogP contribution in [0.15, 0.2) is 24.3 Å². The molecule has 0 fully saturated rings. The van der Waals surface area contributed by atoms with E-state index >= 15 is 0 Å². The van der Waals surface area contributed by atoms with Crippen LogP contribution >= 0.6 is 0 Å². The summed E-state index contributed by atoms with van der Waals surface area (Å²) in [5, 5.41) is 5.86. The summed E-state index contributed by atoms with van der Waals surface area (Å²) >= 11 is 0. The highest BCUT2D eigenvalue weighted by Crippen LogP contribution is 2.33. The van der Waals surface area contributed by atoms with Gasteiger partial charge in [0, 0.05) is 43.2 Å². The summed E-state index contributed by atoms with van der Waals surface area (Å²) in [6.07, 6.45) is 3.41. The summed E-state index contributed by atoms with van der Waals surface area (Å²) in [5.41, 5.74) is 14.5. The third kappa shape index (κ3) is 9.27. The summed E-state index contributed by atoms with van der Waals surface area (Å²) in [6.45, 7) is 11.2. The number of hydrogen-bond acceptors (Lipinski definition) is 6. The zero-order valence-corrected chi connectivity index (χ0v) is 24.1. The average molecular weight is 532 g/mol. The van der Waals surface area contributed by atoms with Crippen molar-refractivity contribution in [3.05, 3.63) is 29.8 Å². The van der Waals surface area contributed by atoms with Crippen molar-refractivity contribution in [3.8, 4) is 0 Å². The van der Waals surface area contributed by atoms with E-state index < -0.39 is 11.5 Å². The van der Waals surface area contributed by atoms with Gasteiger partial charge in [-0.3, -0.25) is 9.59 Å². The molecule has 9 heteroatoms. The standard InChI is InChI=1S/C29H49N5O4/c1-7-8-13-32-27(36)22(19(2)3)15-23(30)24(31)16-29(4,5)17-26(35)34-18-21(33-28(37)38-6)14-20-11-9-10-12-25(20)34/h9-12,19,21-24H,7-8,13-18,30-31H2,1-6H3,(H,32,36)(H,33,37)/t21-,22+,23+,24+/m1/s1. The summed E-state index contributed by atoms with van der Waals surface area (Å²) in [7, 11) is 1.33. The fraction of sp³-hybridized carbons (Fsp3) is 0.690. The maximum absolute atomic E-state index is 13.6. The van der Waals surface area contributed by atoms with E-state index in [1.807, 2.05) is 52.0 Å². The smallest absolute Gasteiger partial charge is 0.407 e. The number of nitrogens with one attached hydrogen (secondary N) is 2. The number of carbonyl (C=O) groups excluding carboxylic acids is 3. The van der Waals surface area contributed by atoms with Gasteiger partial charge in [-0.1, -0.05) is 59.2 Å². The maximum atomic E-state index is 13.6. The molecular formula is C29H49N5O4. The van der Waals surface area contributed by atoms with Gasteiger partial charge in [0.2, 0.25) is 11.8 Å². The molecule has 0 aliphatic carbocycles. The van der Waals surface area contributed by atoms with Gasteiger partial charge in [0.25, 0.3) is 0 Å². The first-order chi connectivity index (χ1) is 17.9. The van der Waals surface area contributed by atoms with Gasteiger partial charge in [0.05, 0.1) is 13.2 Å². The quantitative estimate of drug-likeness (QED) is 0.288. The number of fused-ring (bicyclic) bond motifs is 1. The lowest BCUT2D eigenvalue weighted by Crippen LogP contribution is -2.51. The number of para-hydroxylation sites is 1. The molecule has 38 heavy (non-hydrogen) atoms. The molecule has 1 aromatic rings. The molecule has 3 amide bonds. The number of ether oxygens (including phenoxy) is 1. The summed E-state index contributed by atoms with van der Waals surface area (Å²) in [5.74, 6) is -0.0590. The van der Waals surface area contributed by atoms with Crippen LogP contribution in [0.1, 0.15) is 72.3 Å². The predicted molar refractivity (Wildman–Crippen MR) is 152 cm³/mol. The van der Waals surface area contributed by atoms with E-state index in [1.165, 1.54) is 7.11 Å². The van der Waals surface area contributed by atoms with Crippen LogP contribution in [0.25, 0.3) is 0 Å². The number of unbranched alkanes of at least 4 members (excludes halogenated alkanes) is 1. The fourth-order valence-electron chi connectivity index (χ4n) is 5.19. The summed E-state index contributed by atoms with van der Waals surface area (Å²) in [4.78, 5) is 39.9. The maximum Gasteiger partial charge on any atom is 0.407 e. The molecule has 0 radical (unpaired) electrons. The molecule has 4 atom stereocenters. The van der Waals surface area contributed by atoms with E-state index in [9.17, 15) is 14.4 Å². The predicted octanol–water partition coefficient (Wildman–Crippen LogP) is 3.34. The van der Waals surface area contributed by atoms with Crippen LogP contribution in [-0.4, -0.2) is 56.2 Å². The van der Waals surface area contributed by atoms with Gasteiger partial charge in [-0.2, -0.15) is 0 Å². The van der Waals surface area contributed by atoms with E-state index in [-0.39, 0.29) is 48.2 Å². The summed E-state index contributed by atoms with van der Waals surface area (Å²) < 4.78 is 4.76. The number of amides is 3. The highest BCUT2D eigenvalue weighted by molar-refractivity contribution is 5.95. The van der Waals surface area contributed by atoms with Gasteiger partial charge in [0.15, 0.2) is 0 Å². The van der Waals surface area contributed by atoms with Crippen LogP contribution in [0.2, 0.25) is 0 Å². The fourth-order valence-corrected chi connectivity index (χ4v) is 5.19. The molecule has 0 spiro atoms. The average Bonchev–Trinajstić information content (AvgIpc) is 2.85. The molecule has 214 valence electrons. The molecule has 1 aromatic carbocycles. The topological polar surface area (TPSA) is 140 Å². The molecule has 6 N–H and O–H groups in total. The largest absolute Gasteiger partial charge is 0.453 e. The molecule has 0 saturated heterocycles. The van der Waals surface area contributed by atoms with Crippen molar-refractivity contribution in [1.29, 1.82) is 0 Å². The van der Waals surface area contributed by atoms with Gasteiger partial charge in [-0.05, 0) is 48.6 Å². The van der Waals surface area contributed by atoms with Crippen LogP contribution in [0.4, 0.5) is 10.5 Å². The van der Waals surface area contributed by atoms with Crippen LogP contribution in [-0.2, 0) is 20.7 Å². The van der Waals surface area contributed by atoms with Crippen molar-refractivity contribution < 1.29 is 19.1 Å². The normalized spacial score (nSPS) is 17.8. The third-order valence-corrected chi connectivity index (χ3v) is 7.43. The Morgan fingerprint density at radius 3 is 2.47 bits per heavy atom. The zero-order valence-electron chi connectivity index (χ0n) is 24.1. The van der Waals surface area contributed by atoms with Gasteiger partial charge < -0.3 is 31.7 Å². The van der Waals surface area contributed by atoms with Crippen molar-refractivity contribution >= 4 is 23.6 Å². The second-order valence-corrected chi connectivity index (χ2v) is 11.8. The molecule has 0 aromatic heterocycles. The number of benzene rings is 1. The molecule has 0 saturated carbocycles. The Morgan fingerprint density at radius 2 is 1.84 bits per heavy atom. The van der Waals surface area contributed by atoms with Crippen molar-refractivity contribution in [1.82, 2.24) is 10.6 Å². The van der Waals surface area contributed by atoms with Crippen molar-refractivity contribution in [2.75, 3.05) is 25.1 Å². The second kappa shape index (κ2) is 14.5. The number of nitrogens with zero attached hydrogens (tertiary/aromatic N) is 1. The second-order valence-electron chi connectivity index (χ2n) is 11.8. The van der Waals surface area contributed by atoms with Gasteiger partial charge in [-0.15, -0.1) is 0 Å². The van der Waals surface area contributed by atoms with Gasteiger partial charge in [-0.25, -0.2) is 4.79 Å². The first kappa shape index (κ1) is 31.6. The monoisotopic (exact) mass is 531 g/mol. The Labute approximate surface area is 228 Å². The van der Waals surface area contributed by atoms with Gasteiger partial charge in [0.1, 0.15) is 0 Å². The zero-order chi connectivity index (χ0) is 28.5. The molecule has 0 unspecified atom stereocenters. The van der Waals surface area contributed by atoms with Crippen LogP contribution in [0.3, 0.4) is 0 Å². The highest BCUT2D eigenvalue weighted by Gasteiger charge is 2.35. The summed E-state index contributed by atoms with van der Waals surface area (Å²) in [6, 6.07) is 6.80. The molecule has 2 rings (SSSR count). The highest BCUT2D eigenvalue weighted by atomic mass is 16.5. The molecule has 0 bridgehead atoms. The van der Waals surface area contributed by atoms with Gasteiger partial charge >= 0.3 is 6.09 Å². The lowest BCUT2D eigenvalue weighted by molar-refractivity contribution is -0.126. The number of carbonyl (C=O) groups is 3. The molecular weight excluding hydrogens is 482 g/mol. The Bertz CT molecular complexity index is 935. The van der Waals surface area contributed by atoms with Crippen molar-refractivity contribution in [3.63, 3.8) is 0 Å². The SMILES string of the molecule is CCCCNC(=O)[C@@H](C[C@H](N)[C@@H](N)CC(C)(C)CC(=O)N1C[C@H](NC(=O)OC)Cc2ccccc21)C(C)C. The first-order valence-corrected chi connectivity index (χ1v) is 13.9. The minimum absolute atomic E-state index is 0.0319. The third-order valence-electron chi connectivity index (χ3n) is 7.43. The van der Waals surface area contributed by atoms with E-state index in [1.54, 1.807) is 4.90 Å². The van der Waals surface area contributed by atoms with E-state index in [2.05, 4.69) is 17.6 Å². The molecule has 1 aliphatic heterocycles. The van der Waals surface area contributed by atoms with Crippen LogP contribution < -0.4 is 27.0 Å². The van der Waals surface area contributed by atoms with Crippen LogP contribution in [0.5, 0.6) is 0 Å². The molecule has 1 heterocycles. The Hall–Kier alpha value is -2.65. The lowest BCUT2D eigenvalue weighted by atomic mass is 9.78. The number of hydrogen-bond donors (Lipinski definition) is 4. The number of anilines is 1. The van der Waals surface area contributed by atoms with Crippen molar-refractivity contribution in [2.45, 2.75) is 91.3 Å². The number of nitrogens with two attached hydrogens (primary N) is 2. The van der Waals surface area contributed by atoms with E-state index in [0.717, 1.165) is 24.1 Å². The lowest BCUT2D eigenvalue weighted by Gasteiger charge is -2.37. The van der Waals surface area contributed by atoms with E-state index in [4.69, 9.17) is 16.2 Å². The van der Waals surface area contributed by atoms with Crippen molar-refractivity contribution in [2.24, 2.45) is 28.7 Å². The number of methoxy groups -OCH3 is 1. The Morgan fingerprint density at radius 1 is 1.16 bits per heavy atom. The first-order valence-electron chi connectivity index (χ1n) is 13.9. The minimum atomic E-state index is -0.513. The molecule has 1 aliphatic rings. The Balaban J connectivity index is 2.04. The number of rotatable bonds is 13. The van der Waals surface area contributed by atoms with E-state index in [0.29, 0.717) is 32.4 Å². The van der Waals surface area contributed by atoms with Crippen LogP contribution in [0, 0.1) is 17.3 Å². The minimum Gasteiger partial charge on any atom is -0.453 e. The molecule has 9 nitrogen and oxygen atoms in total.